The van der Waals surface area contributed by atoms with Gasteiger partial charge in [0.2, 0.25) is 0 Å². The van der Waals surface area contributed by atoms with Crippen LogP contribution in [0.4, 0.5) is 5.88 Å². The molecule has 5 nitrogen and oxygen atoms in total. The summed E-state index contributed by atoms with van der Waals surface area (Å²) in [5.74, 6) is 1.40. The van der Waals surface area contributed by atoms with E-state index in [1.165, 1.54) is 31.7 Å². The van der Waals surface area contributed by atoms with Gasteiger partial charge in [-0.15, -0.1) is 0 Å². The maximum atomic E-state index is 10.4. The third kappa shape index (κ3) is 3.34. The van der Waals surface area contributed by atoms with E-state index in [9.17, 15) is 10.1 Å². The number of hydrogen-bond donors (Lipinski definition) is 1. The maximum absolute atomic E-state index is 10.4. The van der Waals surface area contributed by atoms with Gasteiger partial charge in [0.15, 0.2) is 0 Å². The van der Waals surface area contributed by atoms with E-state index in [0.29, 0.717) is 12.3 Å². The van der Waals surface area contributed by atoms with Crippen LogP contribution in [0.3, 0.4) is 0 Å². The molecule has 0 radical (unpaired) electrons. The molecular weight excluding hydrogens is 208 g/mol. The highest BCUT2D eigenvalue weighted by molar-refractivity contribution is 5.17. The fourth-order valence-electron chi connectivity index (χ4n) is 1.69. The Labute approximate surface area is 94.0 Å². The normalized spacial score (nSPS) is 15.2. The number of nitrogens with zero attached hydrogens (tertiary/aromatic N) is 1. The van der Waals surface area contributed by atoms with Crippen molar-refractivity contribution >= 4 is 5.88 Å². The smallest absolute Gasteiger partial charge is 0.404 e. The summed E-state index contributed by atoms with van der Waals surface area (Å²) in [5.41, 5.74) is 0. The first kappa shape index (κ1) is 11.1. The second kappa shape index (κ2) is 5.12. The average Bonchev–Trinajstić information content (AvgIpc) is 2.94. The highest BCUT2D eigenvalue weighted by Crippen LogP contribution is 2.33. The van der Waals surface area contributed by atoms with Crippen LogP contribution in [0.15, 0.2) is 16.5 Å². The van der Waals surface area contributed by atoms with Crippen LogP contribution in [0.2, 0.25) is 0 Å². The fraction of sp³-hybridized carbons (Fsp3) is 0.636. The van der Waals surface area contributed by atoms with Gasteiger partial charge in [0.25, 0.3) is 0 Å². The van der Waals surface area contributed by atoms with Gasteiger partial charge in [-0.3, -0.25) is 10.1 Å². The van der Waals surface area contributed by atoms with Gasteiger partial charge in [-0.05, 0) is 31.4 Å². The van der Waals surface area contributed by atoms with E-state index >= 15 is 0 Å². The van der Waals surface area contributed by atoms with Crippen molar-refractivity contribution in [2.75, 3.05) is 6.54 Å². The molecule has 88 valence electrons. The van der Waals surface area contributed by atoms with E-state index in [1.54, 1.807) is 6.07 Å². The van der Waals surface area contributed by atoms with Gasteiger partial charge in [0, 0.05) is 0 Å². The Morgan fingerprint density at radius 2 is 2.31 bits per heavy atom. The van der Waals surface area contributed by atoms with Gasteiger partial charge in [-0.25, -0.2) is 0 Å². The molecule has 1 N–H and O–H groups in total. The molecule has 1 aromatic rings. The predicted octanol–water partition coefficient (Wildman–Crippen LogP) is 2.47. The van der Waals surface area contributed by atoms with E-state index in [0.717, 1.165) is 12.5 Å². The summed E-state index contributed by atoms with van der Waals surface area (Å²) < 4.78 is 5.02. The summed E-state index contributed by atoms with van der Waals surface area (Å²) in [5, 5.41) is 13.6. The van der Waals surface area contributed by atoms with Crippen LogP contribution in [-0.2, 0) is 6.54 Å². The van der Waals surface area contributed by atoms with Crippen LogP contribution < -0.4 is 5.32 Å². The van der Waals surface area contributed by atoms with E-state index < -0.39 is 4.92 Å². The monoisotopic (exact) mass is 224 g/mol. The van der Waals surface area contributed by atoms with Crippen LogP contribution >= 0.6 is 0 Å². The fourth-order valence-corrected chi connectivity index (χ4v) is 1.69. The zero-order valence-corrected chi connectivity index (χ0v) is 9.15. The summed E-state index contributed by atoms with van der Waals surface area (Å²) in [6, 6.07) is 3.03. The quantitative estimate of drug-likeness (QED) is 0.439. The molecule has 5 heteroatoms. The molecule has 16 heavy (non-hydrogen) atoms. The lowest BCUT2D eigenvalue weighted by Crippen LogP contribution is -2.14. The van der Waals surface area contributed by atoms with Crippen molar-refractivity contribution < 1.29 is 9.34 Å². The van der Waals surface area contributed by atoms with Gasteiger partial charge >= 0.3 is 5.88 Å². The zero-order chi connectivity index (χ0) is 11.4. The molecule has 1 heterocycles. The van der Waals surface area contributed by atoms with Gasteiger partial charge in [-0.2, -0.15) is 0 Å². The van der Waals surface area contributed by atoms with Gasteiger partial charge in [0.05, 0.1) is 12.6 Å². The third-order valence-electron chi connectivity index (χ3n) is 2.79. The molecule has 0 atom stereocenters. The lowest BCUT2D eigenvalue weighted by molar-refractivity contribution is -0.402. The summed E-state index contributed by atoms with van der Waals surface area (Å²) in [4.78, 5) is 9.85. The van der Waals surface area contributed by atoms with Crippen LogP contribution in [0.5, 0.6) is 0 Å². The minimum absolute atomic E-state index is 0.185. The highest BCUT2D eigenvalue weighted by Gasteiger charge is 2.19. The Balaban J connectivity index is 1.62. The lowest BCUT2D eigenvalue weighted by atomic mass is 10.2. The van der Waals surface area contributed by atoms with Crippen LogP contribution in [-0.4, -0.2) is 11.5 Å². The van der Waals surface area contributed by atoms with Crippen molar-refractivity contribution in [3.8, 4) is 0 Å². The van der Waals surface area contributed by atoms with E-state index in [4.69, 9.17) is 4.42 Å². The molecule has 1 fully saturated rings. The van der Waals surface area contributed by atoms with Crippen molar-refractivity contribution in [1.82, 2.24) is 5.32 Å². The van der Waals surface area contributed by atoms with Crippen LogP contribution in [0, 0.1) is 16.0 Å². The molecule has 0 spiro atoms. The Kier molecular flexibility index (Phi) is 3.56. The third-order valence-corrected chi connectivity index (χ3v) is 2.79. The molecule has 1 saturated carbocycles. The lowest BCUT2D eigenvalue weighted by Gasteiger charge is -2.01. The molecule has 1 aromatic heterocycles. The van der Waals surface area contributed by atoms with E-state index in [-0.39, 0.29) is 5.88 Å². The molecule has 0 saturated heterocycles. The van der Waals surface area contributed by atoms with Crippen molar-refractivity contribution in [1.29, 1.82) is 0 Å². The van der Waals surface area contributed by atoms with Gasteiger partial charge < -0.3 is 9.73 Å². The molecule has 0 bridgehead atoms. The summed E-state index contributed by atoms with van der Waals surface area (Å²) in [7, 11) is 0. The van der Waals surface area contributed by atoms with Crippen molar-refractivity contribution in [3.05, 3.63) is 28.0 Å². The summed E-state index contributed by atoms with van der Waals surface area (Å²) in [6.07, 6.45) is 5.26. The number of rotatable bonds is 7. The van der Waals surface area contributed by atoms with E-state index in [1.807, 2.05) is 0 Å². The Bertz CT molecular complexity index is 358. The summed E-state index contributed by atoms with van der Waals surface area (Å²) >= 11 is 0. The van der Waals surface area contributed by atoms with Crippen molar-refractivity contribution in [2.24, 2.45) is 5.92 Å². The van der Waals surface area contributed by atoms with Gasteiger partial charge in [-0.1, -0.05) is 12.8 Å². The van der Waals surface area contributed by atoms with Crippen molar-refractivity contribution in [3.63, 3.8) is 0 Å². The first-order chi connectivity index (χ1) is 7.75. The predicted molar refractivity (Wildman–Crippen MR) is 59.0 cm³/mol. The highest BCUT2D eigenvalue weighted by atomic mass is 16.6. The molecule has 0 aromatic carbocycles. The largest absolute Gasteiger partial charge is 0.433 e. The maximum Gasteiger partial charge on any atom is 0.433 e. The number of furan rings is 1. The van der Waals surface area contributed by atoms with Crippen LogP contribution in [0.25, 0.3) is 0 Å². The van der Waals surface area contributed by atoms with E-state index in [2.05, 4.69) is 5.32 Å². The number of hydrogen-bond acceptors (Lipinski definition) is 4. The molecule has 0 aliphatic heterocycles. The Hall–Kier alpha value is -1.36. The minimum Gasteiger partial charge on any atom is -0.404 e. The van der Waals surface area contributed by atoms with Crippen LogP contribution in [0.1, 0.15) is 31.4 Å². The topological polar surface area (TPSA) is 68.3 Å². The average molecular weight is 224 g/mol. The molecule has 1 aliphatic rings. The van der Waals surface area contributed by atoms with Gasteiger partial charge in [0.1, 0.15) is 10.7 Å². The minimum atomic E-state index is -0.517. The Morgan fingerprint density at radius 3 is 2.94 bits per heavy atom. The molecule has 1 aliphatic carbocycles. The number of nitrogens with one attached hydrogen (secondary N) is 1. The first-order valence-corrected chi connectivity index (χ1v) is 5.69. The second-order valence-electron chi connectivity index (χ2n) is 4.26. The molecule has 0 unspecified atom stereocenters. The molecular formula is C11H16N2O3. The molecule has 0 amide bonds. The summed E-state index contributed by atoms with van der Waals surface area (Å²) in [6.45, 7) is 1.52. The SMILES string of the molecule is O=[N+]([O-])c1ccc(CNCCCC2CC2)o1. The standard InChI is InChI=1S/C11H16N2O3/c14-13(15)11-6-5-10(16-11)8-12-7-1-2-9-3-4-9/h5-6,9,12H,1-4,7-8H2. The first-order valence-electron chi connectivity index (χ1n) is 5.69. The second-order valence-corrected chi connectivity index (χ2v) is 4.26. The molecule has 2 rings (SSSR count). The Morgan fingerprint density at radius 1 is 1.50 bits per heavy atom. The number of nitro groups is 1. The zero-order valence-electron chi connectivity index (χ0n) is 9.15. The van der Waals surface area contributed by atoms with Crippen molar-refractivity contribution in [2.45, 2.75) is 32.2 Å².